The Labute approximate surface area is 131 Å². The van der Waals surface area contributed by atoms with Gasteiger partial charge in [0.1, 0.15) is 5.69 Å². The van der Waals surface area contributed by atoms with Crippen LogP contribution in [-0.4, -0.2) is 21.6 Å². The summed E-state index contributed by atoms with van der Waals surface area (Å²) in [4.78, 5) is 1.76. The molecule has 22 heavy (non-hydrogen) atoms. The van der Waals surface area contributed by atoms with E-state index in [2.05, 4.69) is 40.0 Å². The van der Waals surface area contributed by atoms with Gasteiger partial charge in [0.25, 0.3) is 0 Å². The van der Waals surface area contributed by atoms with Crippen LogP contribution in [-0.2, 0) is 12.8 Å². The molecule has 2 aliphatic rings. The Kier molecular flexibility index (Phi) is 3.67. The second-order valence-corrected chi connectivity index (χ2v) is 6.29. The minimum absolute atomic E-state index is 0.959. The van der Waals surface area contributed by atoms with Crippen molar-refractivity contribution in [3.63, 3.8) is 0 Å². The molecule has 114 valence electrons. The van der Waals surface area contributed by atoms with Gasteiger partial charge < -0.3 is 5.43 Å². The molecule has 0 saturated carbocycles. The quantitative estimate of drug-likeness (QED) is 0.810. The highest BCUT2D eigenvalue weighted by Gasteiger charge is 2.18. The minimum Gasteiger partial charge on any atom is -0.309 e. The molecule has 0 spiro atoms. The molecule has 0 fully saturated rings. The SMILES string of the molecule is C1=C2c3cn(nn3)NCCCCCCCc3ccc(c2c3)C1. The lowest BCUT2D eigenvalue weighted by atomic mass is 9.98. The Morgan fingerprint density at radius 3 is 2.95 bits per heavy atom. The van der Waals surface area contributed by atoms with Gasteiger partial charge in [-0.1, -0.05) is 43.5 Å². The van der Waals surface area contributed by atoms with Crippen molar-refractivity contribution in [2.45, 2.75) is 44.9 Å². The molecule has 0 atom stereocenters. The highest BCUT2D eigenvalue weighted by molar-refractivity contribution is 5.83. The maximum absolute atomic E-state index is 4.35. The lowest BCUT2D eigenvalue weighted by molar-refractivity contribution is 0.599. The van der Waals surface area contributed by atoms with Crippen LogP contribution in [0.4, 0.5) is 0 Å². The molecule has 1 aromatic heterocycles. The number of rotatable bonds is 0. The van der Waals surface area contributed by atoms with E-state index in [-0.39, 0.29) is 0 Å². The zero-order valence-electron chi connectivity index (χ0n) is 12.9. The molecule has 2 heterocycles. The Morgan fingerprint density at radius 2 is 1.95 bits per heavy atom. The Balaban J connectivity index is 1.68. The zero-order chi connectivity index (χ0) is 14.8. The predicted molar refractivity (Wildman–Crippen MR) is 88.3 cm³/mol. The molecule has 1 aromatic carbocycles. The lowest BCUT2D eigenvalue weighted by Crippen LogP contribution is -2.16. The van der Waals surface area contributed by atoms with E-state index in [0.29, 0.717) is 0 Å². The van der Waals surface area contributed by atoms with E-state index in [1.807, 2.05) is 6.20 Å². The number of aromatic nitrogens is 3. The Bertz CT molecular complexity index is 699. The Hall–Kier alpha value is -2.10. The Morgan fingerprint density at radius 1 is 1.05 bits per heavy atom. The zero-order valence-corrected chi connectivity index (χ0v) is 12.9. The monoisotopic (exact) mass is 294 g/mol. The van der Waals surface area contributed by atoms with Crippen molar-refractivity contribution in [3.8, 4) is 0 Å². The first kappa shape index (κ1) is 13.6. The summed E-state index contributed by atoms with van der Waals surface area (Å²) in [5.41, 5.74) is 9.73. The summed E-state index contributed by atoms with van der Waals surface area (Å²) in [7, 11) is 0. The van der Waals surface area contributed by atoms with Gasteiger partial charge in [0.15, 0.2) is 0 Å². The van der Waals surface area contributed by atoms with E-state index < -0.39 is 0 Å². The van der Waals surface area contributed by atoms with Gasteiger partial charge in [0.05, 0.1) is 6.20 Å². The molecule has 4 rings (SSSR count). The molecule has 2 aromatic rings. The van der Waals surface area contributed by atoms with Crippen LogP contribution in [0, 0.1) is 0 Å². The van der Waals surface area contributed by atoms with E-state index in [1.54, 1.807) is 4.79 Å². The fourth-order valence-corrected chi connectivity index (χ4v) is 3.41. The summed E-state index contributed by atoms with van der Waals surface area (Å²) in [6.45, 7) is 0.959. The van der Waals surface area contributed by atoms with Gasteiger partial charge in [0, 0.05) is 12.1 Å². The third kappa shape index (κ3) is 2.65. The number of hydrogen-bond acceptors (Lipinski definition) is 3. The van der Waals surface area contributed by atoms with E-state index >= 15 is 0 Å². The second kappa shape index (κ2) is 5.95. The minimum atomic E-state index is 0.959. The normalized spacial score (nSPS) is 18.1. The molecule has 1 N–H and O–H groups in total. The summed E-state index contributed by atoms with van der Waals surface area (Å²) in [6.07, 6.45) is 12.9. The van der Waals surface area contributed by atoms with Crippen LogP contribution < -0.4 is 5.43 Å². The molecule has 4 bridgehead atoms. The average molecular weight is 294 g/mol. The highest BCUT2D eigenvalue weighted by atomic mass is 15.6. The number of benzene rings is 1. The molecule has 4 heteroatoms. The van der Waals surface area contributed by atoms with Crippen molar-refractivity contribution in [1.29, 1.82) is 0 Å². The standard InChI is InChI=1S/C18H22N4/c1-2-4-6-14-7-8-15-9-10-16(17(15)12-14)18-13-22(21-20-18)19-11-5-3-1/h7-8,10,12-13,19H,1-6,9,11H2. The van der Waals surface area contributed by atoms with Crippen molar-refractivity contribution in [2.75, 3.05) is 12.0 Å². The maximum atomic E-state index is 4.35. The average Bonchev–Trinajstić information content (AvgIpc) is 3.15. The van der Waals surface area contributed by atoms with Gasteiger partial charge in [-0.15, -0.1) is 5.10 Å². The number of nitrogens with zero attached hydrogens (tertiary/aromatic N) is 3. The maximum Gasteiger partial charge on any atom is 0.115 e. The van der Waals surface area contributed by atoms with Gasteiger partial charge in [-0.25, -0.2) is 0 Å². The van der Waals surface area contributed by atoms with Gasteiger partial charge in [-0.3, -0.25) is 0 Å². The molecule has 0 unspecified atom stereocenters. The molecule has 0 amide bonds. The first-order valence-corrected chi connectivity index (χ1v) is 8.39. The summed E-state index contributed by atoms with van der Waals surface area (Å²) in [5.74, 6) is 0. The number of hydrogen-bond donors (Lipinski definition) is 1. The van der Waals surface area contributed by atoms with Gasteiger partial charge in [0.2, 0.25) is 0 Å². The number of fused-ring (bicyclic) bond motifs is 4. The molecule has 4 nitrogen and oxygen atoms in total. The van der Waals surface area contributed by atoms with Gasteiger partial charge in [-0.2, -0.15) is 4.79 Å². The number of aryl methyl sites for hydroxylation is 1. The molecule has 0 radical (unpaired) electrons. The molecule has 1 aliphatic carbocycles. The third-order valence-corrected chi connectivity index (χ3v) is 4.68. The first-order chi connectivity index (χ1) is 10.9. The van der Waals surface area contributed by atoms with Crippen LogP contribution in [0.25, 0.3) is 5.57 Å². The summed E-state index contributed by atoms with van der Waals surface area (Å²) < 4.78 is 0. The van der Waals surface area contributed by atoms with Crippen LogP contribution >= 0.6 is 0 Å². The predicted octanol–water partition coefficient (Wildman–Crippen LogP) is 3.32. The van der Waals surface area contributed by atoms with Crippen molar-refractivity contribution in [1.82, 2.24) is 15.1 Å². The van der Waals surface area contributed by atoms with Crippen LogP contribution in [0.15, 0.2) is 30.5 Å². The molecule has 1 aliphatic heterocycles. The lowest BCUT2D eigenvalue weighted by Gasteiger charge is -2.07. The smallest absolute Gasteiger partial charge is 0.115 e. The van der Waals surface area contributed by atoms with E-state index in [9.17, 15) is 0 Å². The van der Waals surface area contributed by atoms with Crippen molar-refractivity contribution < 1.29 is 0 Å². The fourth-order valence-electron chi connectivity index (χ4n) is 3.41. The van der Waals surface area contributed by atoms with Crippen LogP contribution in [0.1, 0.15) is 54.5 Å². The van der Waals surface area contributed by atoms with Crippen molar-refractivity contribution >= 4 is 5.57 Å². The largest absolute Gasteiger partial charge is 0.309 e. The van der Waals surface area contributed by atoms with E-state index in [4.69, 9.17) is 0 Å². The topological polar surface area (TPSA) is 42.7 Å². The molecular formula is C18H22N4. The second-order valence-electron chi connectivity index (χ2n) is 6.29. The van der Waals surface area contributed by atoms with E-state index in [1.165, 1.54) is 60.8 Å². The van der Waals surface area contributed by atoms with E-state index in [0.717, 1.165) is 18.7 Å². The summed E-state index contributed by atoms with van der Waals surface area (Å²) in [5, 5.41) is 8.55. The first-order valence-electron chi connectivity index (χ1n) is 8.39. The van der Waals surface area contributed by atoms with Crippen molar-refractivity contribution in [3.05, 3.63) is 52.9 Å². The van der Waals surface area contributed by atoms with Crippen molar-refractivity contribution in [2.24, 2.45) is 0 Å². The van der Waals surface area contributed by atoms with Gasteiger partial charge >= 0.3 is 0 Å². The number of allylic oxidation sites excluding steroid dienone is 1. The summed E-state index contributed by atoms with van der Waals surface area (Å²) >= 11 is 0. The van der Waals surface area contributed by atoms with Gasteiger partial charge in [-0.05, 0) is 47.6 Å². The highest BCUT2D eigenvalue weighted by Crippen LogP contribution is 2.32. The third-order valence-electron chi connectivity index (χ3n) is 4.68. The molecular weight excluding hydrogens is 272 g/mol. The number of nitrogens with one attached hydrogen (secondary N) is 1. The van der Waals surface area contributed by atoms with Crippen LogP contribution in [0.5, 0.6) is 0 Å². The van der Waals surface area contributed by atoms with Crippen LogP contribution in [0.2, 0.25) is 0 Å². The fraction of sp³-hybridized carbons (Fsp3) is 0.444. The summed E-state index contributed by atoms with van der Waals surface area (Å²) in [6, 6.07) is 6.95. The van der Waals surface area contributed by atoms with Crippen LogP contribution in [0.3, 0.4) is 0 Å². The molecule has 0 saturated heterocycles.